The molecule has 0 unspecified atom stereocenters. The van der Waals surface area contributed by atoms with Gasteiger partial charge in [0.05, 0.1) is 5.71 Å². The largest absolute Gasteiger partial charge is 0.411 e. The topological polar surface area (TPSA) is 32.6 Å². The van der Waals surface area contributed by atoms with Crippen molar-refractivity contribution < 1.29 is 5.21 Å². The van der Waals surface area contributed by atoms with Gasteiger partial charge in [-0.15, -0.1) is 0 Å². The fraction of sp³-hybridized carbons (Fsp3) is 0.889. The summed E-state index contributed by atoms with van der Waals surface area (Å²) < 4.78 is 0. The minimum atomic E-state index is 0.307. The summed E-state index contributed by atoms with van der Waals surface area (Å²) in [6, 6.07) is 0. The van der Waals surface area contributed by atoms with E-state index >= 15 is 0 Å². The number of fused-ring (bicyclic) bond motifs is 5. The number of rotatable bonds is 5. The van der Waals surface area contributed by atoms with Crippen LogP contribution in [-0.2, 0) is 0 Å². The molecule has 0 aromatic rings. The summed E-state index contributed by atoms with van der Waals surface area (Å²) in [7, 11) is 0. The van der Waals surface area contributed by atoms with E-state index in [1.165, 1.54) is 64.2 Å². The molecular formula is C27H45NO. The fourth-order valence-electron chi connectivity index (χ4n) is 8.91. The van der Waals surface area contributed by atoms with Gasteiger partial charge in [0.1, 0.15) is 0 Å². The van der Waals surface area contributed by atoms with Crippen LogP contribution in [0.4, 0.5) is 0 Å². The summed E-state index contributed by atoms with van der Waals surface area (Å²) in [5, 5.41) is 13.3. The van der Waals surface area contributed by atoms with Crippen LogP contribution in [0, 0.1) is 52.3 Å². The molecule has 0 spiro atoms. The Kier molecular flexibility index (Phi) is 5.95. The quantitative estimate of drug-likeness (QED) is 0.372. The van der Waals surface area contributed by atoms with Crippen molar-refractivity contribution in [2.45, 2.75) is 98.8 Å². The molecule has 29 heavy (non-hydrogen) atoms. The van der Waals surface area contributed by atoms with Gasteiger partial charge in [-0.05, 0) is 97.4 Å². The molecule has 2 nitrogen and oxygen atoms in total. The maximum Gasteiger partial charge on any atom is 0.0829 e. The van der Waals surface area contributed by atoms with E-state index < -0.39 is 0 Å². The Hall–Kier alpha value is -0.790. The van der Waals surface area contributed by atoms with Gasteiger partial charge in [-0.2, -0.15) is 0 Å². The van der Waals surface area contributed by atoms with Crippen LogP contribution in [0.5, 0.6) is 0 Å². The summed E-state index contributed by atoms with van der Waals surface area (Å²) in [5.74, 6) is 5.78. The Bertz CT molecular complexity index is 651. The van der Waals surface area contributed by atoms with Gasteiger partial charge < -0.3 is 5.21 Å². The van der Waals surface area contributed by atoms with Gasteiger partial charge in [0.25, 0.3) is 0 Å². The van der Waals surface area contributed by atoms with Gasteiger partial charge >= 0.3 is 0 Å². The number of hydrogen-bond acceptors (Lipinski definition) is 2. The van der Waals surface area contributed by atoms with E-state index in [4.69, 9.17) is 0 Å². The molecule has 8 atom stereocenters. The highest BCUT2D eigenvalue weighted by Crippen LogP contribution is 2.67. The first kappa shape index (κ1) is 21.4. The molecule has 4 aliphatic carbocycles. The maximum absolute atomic E-state index is 9.57. The predicted octanol–water partition coefficient (Wildman–Crippen LogP) is 7.71. The van der Waals surface area contributed by atoms with E-state index in [9.17, 15) is 5.21 Å². The van der Waals surface area contributed by atoms with Gasteiger partial charge in [-0.3, -0.25) is 0 Å². The van der Waals surface area contributed by atoms with E-state index in [2.05, 4.69) is 51.9 Å². The lowest BCUT2D eigenvalue weighted by atomic mass is 9.45. The molecule has 2 heteroatoms. The molecule has 0 bridgehead atoms. The molecule has 1 N–H and O–H groups in total. The molecule has 4 aliphatic rings. The number of allylic oxidation sites excluding steroid dienone is 2. The summed E-state index contributed by atoms with van der Waals surface area (Å²) >= 11 is 0. The van der Waals surface area contributed by atoms with E-state index in [1.54, 1.807) is 0 Å². The lowest BCUT2D eigenvalue weighted by Gasteiger charge is -2.60. The monoisotopic (exact) mass is 399 g/mol. The lowest BCUT2D eigenvalue weighted by molar-refractivity contribution is -0.0871. The standard InChI is InChI=1S/C27H45NO/c1-18(2)8-6-9-19(3)21-13-14-22-20-11-12-24-25(28-29)10-7-16-26(24,4)23(20)15-17-27(21,22)5/h7,10,18-24,29H,6,8-9,11-17H2,1-5H3/b28-25+/t19-,20+,21-,22+,23+,24+,26-,27-/m1/s1. The molecule has 3 fully saturated rings. The van der Waals surface area contributed by atoms with Crippen LogP contribution in [0.1, 0.15) is 98.8 Å². The van der Waals surface area contributed by atoms with Crippen LogP contribution in [-0.4, -0.2) is 10.9 Å². The molecule has 0 aromatic heterocycles. The van der Waals surface area contributed by atoms with Crippen LogP contribution < -0.4 is 0 Å². The molecule has 0 radical (unpaired) electrons. The summed E-state index contributed by atoms with van der Waals surface area (Å²) in [4.78, 5) is 0. The third kappa shape index (κ3) is 3.51. The zero-order valence-corrected chi connectivity index (χ0v) is 19.7. The smallest absolute Gasteiger partial charge is 0.0829 e. The summed E-state index contributed by atoms with van der Waals surface area (Å²) in [5.41, 5.74) is 1.83. The zero-order chi connectivity index (χ0) is 20.8. The average molecular weight is 400 g/mol. The van der Waals surface area contributed by atoms with Gasteiger partial charge in [-0.25, -0.2) is 0 Å². The number of oxime groups is 1. The third-order valence-electron chi connectivity index (χ3n) is 10.4. The first-order chi connectivity index (χ1) is 13.8. The van der Waals surface area contributed by atoms with E-state index in [1.807, 2.05) is 0 Å². The highest BCUT2D eigenvalue weighted by molar-refractivity contribution is 5.97. The fourth-order valence-corrected chi connectivity index (χ4v) is 8.91. The number of hydrogen-bond donors (Lipinski definition) is 1. The Balaban J connectivity index is 1.50. The van der Waals surface area contributed by atoms with Crippen molar-refractivity contribution in [2.75, 3.05) is 0 Å². The molecule has 0 aliphatic heterocycles. The second-order valence-electron chi connectivity index (χ2n) is 12.2. The second kappa shape index (κ2) is 8.04. The van der Waals surface area contributed by atoms with E-state index in [0.29, 0.717) is 16.7 Å². The van der Waals surface area contributed by atoms with E-state index in [0.717, 1.165) is 41.2 Å². The maximum atomic E-state index is 9.57. The van der Waals surface area contributed by atoms with Crippen molar-refractivity contribution in [1.82, 2.24) is 0 Å². The molecule has 4 rings (SSSR count). The second-order valence-corrected chi connectivity index (χ2v) is 12.2. The highest BCUT2D eigenvalue weighted by atomic mass is 16.4. The minimum Gasteiger partial charge on any atom is -0.411 e. The third-order valence-corrected chi connectivity index (χ3v) is 10.4. The SMILES string of the molecule is CC(C)CCC[C@@H](C)[C@H]1CC[C@H]2[C@@H]3CC[C@H]4/C(=N/O)C=CC[C@]4(C)[C@H]3CC[C@]12C. The summed E-state index contributed by atoms with van der Waals surface area (Å²) in [6.45, 7) is 12.5. The van der Waals surface area contributed by atoms with Crippen LogP contribution in [0.25, 0.3) is 0 Å². The van der Waals surface area contributed by atoms with Crippen molar-refractivity contribution in [3.05, 3.63) is 12.2 Å². The molecule has 0 aromatic carbocycles. The first-order valence-corrected chi connectivity index (χ1v) is 12.7. The van der Waals surface area contributed by atoms with E-state index in [-0.39, 0.29) is 0 Å². The van der Waals surface area contributed by atoms with Gasteiger partial charge in [-0.1, -0.05) is 65.1 Å². The molecular weight excluding hydrogens is 354 g/mol. The van der Waals surface area contributed by atoms with Crippen molar-refractivity contribution in [3.63, 3.8) is 0 Å². The van der Waals surface area contributed by atoms with Crippen LogP contribution in [0.15, 0.2) is 17.3 Å². The van der Waals surface area contributed by atoms with Gasteiger partial charge in [0.15, 0.2) is 0 Å². The average Bonchev–Trinajstić information content (AvgIpc) is 3.03. The van der Waals surface area contributed by atoms with Crippen LogP contribution >= 0.6 is 0 Å². The van der Waals surface area contributed by atoms with Crippen molar-refractivity contribution in [1.29, 1.82) is 0 Å². The van der Waals surface area contributed by atoms with Gasteiger partial charge in [0.2, 0.25) is 0 Å². The molecule has 3 saturated carbocycles. The Labute approximate surface area is 179 Å². The van der Waals surface area contributed by atoms with Gasteiger partial charge in [0, 0.05) is 5.92 Å². The molecule has 0 saturated heterocycles. The number of nitrogens with zero attached hydrogens (tertiary/aromatic N) is 1. The Morgan fingerprint density at radius 3 is 2.48 bits per heavy atom. The molecule has 0 heterocycles. The van der Waals surface area contributed by atoms with Crippen LogP contribution in [0.2, 0.25) is 0 Å². The Morgan fingerprint density at radius 1 is 1.00 bits per heavy atom. The Morgan fingerprint density at radius 2 is 1.76 bits per heavy atom. The summed E-state index contributed by atoms with van der Waals surface area (Å²) in [6.07, 6.45) is 18.1. The minimum absolute atomic E-state index is 0.307. The lowest BCUT2D eigenvalue weighted by Crippen LogP contribution is -2.54. The molecule has 0 amide bonds. The van der Waals surface area contributed by atoms with Crippen LogP contribution in [0.3, 0.4) is 0 Å². The first-order valence-electron chi connectivity index (χ1n) is 12.7. The highest BCUT2D eigenvalue weighted by Gasteiger charge is 2.60. The van der Waals surface area contributed by atoms with Crippen molar-refractivity contribution in [2.24, 2.45) is 57.4 Å². The normalized spacial score (nSPS) is 46.4. The predicted molar refractivity (Wildman–Crippen MR) is 122 cm³/mol. The van der Waals surface area contributed by atoms with Crippen molar-refractivity contribution in [3.8, 4) is 0 Å². The zero-order valence-electron chi connectivity index (χ0n) is 19.7. The van der Waals surface area contributed by atoms with Crippen molar-refractivity contribution >= 4 is 5.71 Å². The molecule has 164 valence electrons.